The maximum Gasteiger partial charge on any atom is 0.339 e. The normalized spacial score (nSPS) is 42.1. The lowest BCUT2D eigenvalue weighted by molar-refractivity contribution is -0.454. The van der Waals surface area contributed by atoms with E-state index in [2.05, 4.69) is 0 Å². The average molecular weight is 362 g/mol. The van der Waals surface area contributed by atoms with Crippen LogP contribution < -0.4 is 0 Å². The van der Waals surface area contributed by atoms with Crippen molar-refractivity contribution in [2.45, 2.75) is 64.0 Å². The van der Waals surface area contributed by atoms with Gasteiger partial charge in [-0.2, -0.15) is 0 Å². The SMILES string of the molecule is CCSC(=O)[C@]12O[C@@](C)(OC)[C@](C)(OC)O[C@H]1C(=O)O[C@@H]2C(C)C. The second-order valence-electron chi connectivity index (χ2n) is 6.51. The fourth-order valence-electron chi connectivity index (χ4n) is 3.19. The molecule has 0 N–H and O–H groups in total. The smallest absolute Gasteiger partial charge is 0.339 e. The number of thioether (sulfide) groups is 1. The molecule has 2 aliphatic heterocycles. The number of carbonyl (C=O) groups is 2. The topological polar surface area (TPSA) is 80.3 Å². The van der Waals surface area contributed by atoms with E-state index < -0.39 is 35.4 Å². The summed E-state index contributed by atoms with van der Waals surface area (Å²) in [5.74, 6) is -3.00. The van der Waals surface area contributed by atoms with Gasteiger partial charge >= 0.3 is 5.97 Å². The number of carbonyl (C=O) groups excluding carboxylic acids is 2. The van der Waals surface area contributed by atoms with Crippen molar-refractivity contribution in [2.75, 3.05) is 20.0 Å². The van der Waals surface area contributed by atoms with Crippen molar-refractivity contribution in [3.63, 3.8) is 0 Å². The van der Waals surface area contributed by atoms with E-state index in [0.717, 1.165) is 11.8 Å². The molecule has 0 radical (unpaired) electrons. The molecule has 0 aromatic rings. The van der Waals surface area contributed by atoms with Crippen LogP contribution in [-0.4, -0.2) is 60.4 Å². The summed E-state index contributed by atoms with van der Waals surface area (Å²) in [6.07, 6.45) is -1.97. The molecule has 0 spiro atoms. The fourth-order valence-corrected chi connectivity index (χ4v) is 3.95. The Kier molecular flexibility index (Phi) is 5.38. The third-order valence-electron chi connectivity index (χ3n) is 4.78. The molecule has 0 saturated carbocycles. The van der Waals surface area contributed by atoms with E-state index in [1.165, 1.54) is 14.2 Å². The zero-order chi connectivity index (χ0) is 18.3. The first kappa shape index (κ1) is 19.7. The lowest BCUT2D eigenvalue weighted by atomic mass is 9.84. The Morgan fingerprint density at radius 2 is 1.83 bits per heavy atom. The summed E-state index contributed by atoms with van der Waals surface area (Å²) in [5.41, 5.74) is -1.57. The molecule has 0 aromatic heterocycles. The van der Waals surface area contributed by atoms with Gasteiger partial charge in [-0.15, -0.1) is 0 Å². The van der Waals surface area contributed by atoms with E-state index in [1.54, 1.807) is 13.8 Å². The van der Waals surface area contributed by atoms with Crippen LogP contribution in [0, 0.1) is 5.92 Å². The van der Waals surface area contributed by atoms with Gasteiger partial charge in [-0.25, -0.2) is 4.79 Å². The lowest BCUT2D eigenvalue weighted by Crippen LogP contribution is -2.73. The highest BCUT2D eigenvalue weighted by Crippen LogP contribution is 2.51. The van der Waals surface area contributed by atoms with Gasteiger partial charge in [0.05, 0.1) is 0 Å². The summed E-state index contributed by atoms with van der Waals surface area (Å²) in [6.45, 7) is 8.81. The van der Waals surface area contributed by atoms with E-state index in [9.17, 15) is 9.59 Å². The molecule has 0 amide bonds. The van der Waals surface area contributed by atoms with Crippen LogP contribution in [0.3, 0.4) is 0 Å². The molecule has 138 valence electrons. The lowest BCUT2D eigenvalue weighted by Gasteiger charge is -2.54. The first-order chi connectivity index (χ1) is 11.1. The van der Waals surface area contributed by atoms with Gasteiger partial charge in [-0.1, -0.05) is 32.5 Å². The summed E-state index contributed by atoms with van der Waals surface area (Å²) in [6, 6.07) is 0. The second-order valence-corrected chi connectivity index (χ2v) is 7.75. The van der Waals surface area contributed by atoms with Crippen molar-refractivity contribution in [1.29, 1.82) is 0 Å². The molecule has 7 nitrogen and oxygen atoms in total. The largest absolute Gasteiger partial charge is 0.456 e. The van der Waals surface area contributed by atoms with Crippen LogP contribution in [0.4, 0.5) is 0 Å². The highest BCUT2D eigenvalue weighted by Gasteiger charge is 2.74. The Balaban J connectivity index is 2.60. The van der Waals surface area contributed by atoms with E-state index in [-0.39, 0.29) is 11.0 Å². The van der Waals surface area contributed by atoms with Gasteiger partial charge in [0.2, 0.25) is 22.3 Å². The molecule has 0 unspecified atom stereocenters. The molecule has 5 atom stereocenters. The minimum Gasteiger partial charge on any atom is -0.456 e. The summed E-state index contributed by atoms with van der Waals surface area (Å²) >= 11 is 1.07. The first-order valence-corrected chi connectivity index (χ1v) is 8.96. The van der Waals surface area contributed by atoms with Crippen LogP contribution in [0.15, 0.2) is 0 Å². The molecule has 0 aromatic carbocycles. The number of rotatable bonds is 5. The van der Waals surface area contributed by atoms with Gasteiger partial charge in [0.25, 0.3) is 0 Å². The van der Waals surface area contributed by atoms with Crippen molar-refractivity contribution in [3.8, 4) is 0 Å². The maximum absolute atomic E-state index is 13.0. The molecule has 2 aliphatic rings. The van der Waals surface area contributed by atoms with Crippen molar-refractivity contribution in [3.05, 3.63) is 0 Å². The van der Waals surface area contributed by atoms with Gasteiger partial charge in [0.15, 0.2) is 6.10 Å². The van der Waals surface area contributed by atoms with E-state index >= 15 is 0 Å². The van der Waals surface area contributed by atoms with Gasteiger partial charge in [-0.05, 0) is 25.5 Å². The van der Waals surface area contributed by atoms with Crippen LogP contribution in [0.2, 0.25) is 0 Å². The zero-order valence-electron chi connectivity index (χ0n) is 15.2. The summed E-state index contributed by atoms with van der Waals surface area (Å²) in [7, 11) is 2.87. The Labute approximate surface area is 146 Å². The van der Waals surface area contributed by atoms with E-state index in [0.29, 0.717) is 5.75 Å². The Morgan fingerprint density at radius 3 is 2.29 bits per heavy atom. The van der Waals surface area contributed by atoms with Crippen LogP contribution in [0.25, 0.3) is 0 Å². The quantitative estimate of drug-likeness (QED) is 0.684. The second kappa shape index (κ2) is 6.57. The molecular weight excluding hydrogens is 336 g/mol. The third-order valence-corrected chi connectivity index (χ3v) is 5.65. The van der Waals surface area contributed by atoms with Gasteiger partial charge in [-0.3, -0.25) is 4.79 Å². The monoisotopic (exact) mass is 362 g/mol. The van der Waals surface area contributed by atoms with Gasteiger partial charge in [0, 0.05) is 14.2 Å². The summed E-state index contributed by atoms with van der Waals surface area (Å²) in [5, 5.41) is -0.305. The molecule has 24 heavy (non-hydrogen) atoms. The van der Waals surface area contributed by atoms with Crippen molar-refractivity contribution >= 4 is 22.8 Å². The van der Waals surface area contributed by atoms with Crippen LogP contribution in [0.5, 0.6) is 0 Å². The van der Waals surface area contributed by atoms with Crippen molar-refractivity contribution in [2.24, 2.45) is 5.92 Å². The Bertz CT molecular complexity index is 525. The van der Waals surface area contributed by atoms with Crippen LogP contribution in [0.1, 0.15) is 34.6 Å². The molecule has 0 bridgehead atoms. The molecular formula is C16H26O7S. The number of hydrogen-bond donors (Lipinski definition) is 0. The maximum atomic E-state index is 13.0. The highest BCUT2D eigenvalue weighted by atomic mass is 32.2. The fraction of sp³-hybridized carbons (Fsp3) is 0.875. The molecule has 2 rings (SSSR count). The number of ether oxygens (including phenoxy) is 5. The minimum atomic E-state index is -1.57. The van der Waals surface area contributed by atoms with Crippen LogP contribution >= 0.6 is 11.8 Å². The van der Waals surface area contributed by atoms with Gasteiger partial charge < -0.3 is 23.7 Å². The molecule has 0 aliphatic carbocycles. The predicted molar refractivity (Wildman–Crippen MR) is 87.4 cm³/mol. The van der Waals surface area contributed by atoms with E-state index in [4.69, 9.17) is 23.7 Å². The standard InChI is InChI=1S/C16H26O7S/c1-8-24-13(18)16-10(9(2)3)21-12(17)11(16)22-14(4,19-6)15(5,20-7)23-16/h9-11H,8H2,1-7H3/t10-,11+,14-,15-,16-/m1/s1. The number of cyclic esters (lactones) is 1. The van der Waals surface area contributed by atoms with Crippen LogP contribution in [-0.2, 0) is 33.3 Å². The third kappa shape index (κ3) is 2.59. The van der Waals surface area contributed by atoms with Gasteiger partial charge in [0.1, 0.15) is 6.10 Å². The summed E-state index contributed by atoms with van der Waals surface area (Å²) in [4.78, 5) is 25.4. The molecule has 2 fully saturated rings. The molecule has 2 heterocycles. The average Bonchev–Trinajstić information content (AvgIpc) is 2.81. The summed E-state index contributed by atoms with van der Waals surface area (Å²) < 4.78 is 28.6. The highest BCUT2D eigenvalue weighted by molar-refractivity contribution is 8.13. The zero-order valence-corrected chi connectivity index (χ0v) is 16.0. The number of esters is 1. The van der Waals surface area contributed by atoms with Crippen molar-refractivity contribution in [1.82, 2.24) is 0 Å². The minimum absolute atomic E-state index is 0.142. The molecule has 8 heteroatoms. The Morgan fingerprint density at radius 1 is 1.25 bits per heavy atom. The molecule has 2 saturated heterocycles. The number of methoxy groups -OCH3 is 2. The van der Waals surface area contributed by atoms with E-state index in [1.807, 2.05) is 20.8 Å². The van der Waals surface area contributed by atoms with Crippen molar-refractivity contribution < 1.29 is 33.3 Å². The number of hydrogen-bond acceptors (Lipinski definition) is 8. The predicted octanol–water partition coefficient (Wildman–Crippen LogP) is 1.73. The first-order valence-electron chi connectivity index (χ1n) is 7.97. The number of fused-ring (bicyclic) bond motifs is 1. The Hall–Kier alpha value is -0.670.